The van der Waals surface area contributed by atoms with E-state index in [0.29, 0.717) is 0 Å². The van der Waals surface area contributed by atoms with Gasteiger partial charge in [-0.15, -0.1) is 0 Å². The molecule has 24 heavy (non-hydrogen) atoms. The van der Waals surface area contributed by atoms with E-state index in [1.807, 2.05) is 48.5 Å². The fourth-order valence-electron chi connectivity index (χ4n) is 2.52. The van der Waals surface area contributed by atoms with Gasteiger partial charge in [-0.25, -0.2) is 4.39 Å². The predicted octanol–water partition coefficient (Wildman–Crippen LogP) is 3.67. The molecule has 0 aliphatic carbocycles. The number of benzene rings is 2. The van der Waals surface area contributed by atoms with Gasteiger partial charge in [-0.05, 0) is 35.4 Å². The molecule has 0 bridgehead atoms. The molecule has 0 aliphatic rings. The molecule has 1 N–H and O–H groups in total. The largest absolute Gasteiger partial charge is 0.343 e. The Morgan fingerprint density at radius 3 is 2.33 bits per heavy atom. The molecule has 1 amide bonds. The Morgan fingerprint density at radius 2 is 1.67 bits per heavy atom. The lowest BCUT2D eigenvalue weighted by atomic mass is 10.0. The standard InChI is InChI=1S/C20H17FN2O/c21-17-11-9-15(10-12-17)14-19(24)23-20(16-6-2-1-3-7-16)18-8-4-5-13-22-18/h1-13,20H,14H2,(H,23,24). The molecule has 120 valence electrons. The van der Waals surface area contributed by atoms with Crippen molar-refractivity contribution >= 4 is 5.91 Å². The number of nitrogens with zero attached hydrogens (tertiary/aromatic N) is 1. The van der Waals surface area contributed by atoms with Crippen LogP contribution < -0.4 is 5.32 Å². The average molecular weight is 320 g/mol. The van der Waals surface area contributed by atoms with Crippen LogP contribution in [0.3, 0.4) is 0 Å². The number of amides is 1. The fourth-order valence-corrected chi connectivity index (χ4v) is 2.52. The highest BCUT2D eigenvalue weighted by Gasteiger charge is 2.17. The summed E-state index contributed by atoms with van der Waals surface area (Å²) >= 11 is 0. The van der Waals surface area contributed by atoms with Gasteiger partial charge in [0, 0.05) is 6.20 Å². The predicted molar refractivity (Wildman–Crippen MR) is 90.8 cm³/mol. The van der Waals surface area contributed by atoms with E-state index in [-0.39, 0.29) is 24.2 Å². The maximum atomic E-state index is 13.0. The highest BCUT2D eigenvalue weighted by molar-refractivity contribution is 5.79. The minimum Gasteiger partial charge on any atom is -0.343 e. The first kappa shape index (κ1) is 15.9. The van der Waals surface area contributed by atoms with Gasteiger partial charge in [-0.1, -0.05) is 48.5 Å². The smallest absolute Gasteiger partial charge is 0.225 e. The van der Waals surface area contributed by atoms with Crippen LogP contribution >= 0.6 is 0 Å². The fraction of sp³-hybridized carbons (Fsp3) is 0.100. The van der Waals surface area contributed by atoms with Crippen molar-refractivity contribution in [2.75, 3.05) is 0 Å². The molecule has 4 heteroatoms. The average Bonchev–Trinajstić information content (AvgIpc) is 2.63. The summed E-state index contributed by atoms with van der Waals surface area (Å²) in [6.45, 7) is 0. The summed E-state index contributed by atoms with van der Waals surface area (Å²) in [4.78, 5) is 16.8. The Labute approximate surface area is 140 Å². The summed E-state index contributed by atoms with van der Waals surface area (Å²) in [5.41, 5.74) is 2.50. The third kappa shape index (κ3) is 4.04. The zero-order valence-electron chi connectivity index (χ0n) is 13.0. The lowest BCUT2D eigenvalue weighted by Crippen LogP contribution is -2.31. The molecule has 3 rings (SSSR count). The van der Waals surface area contributed by atoms with E-state index in [4.69, 9.17) is 0 Å². The van der Waals surface area contributed by atoms with Gasteiger partial charge < -0.3 is 5.32 Å². The molecule has 3 aromatic rings. The molecular weight excluding hydrogens is 303 g/mol. The number of hydrogen-bond acceptors (Lipinski definition) is 2. The number of halogens is 1. The van der Waals surface area contributed by atoms with Gasteiger partial charge in [0.15, 0.2) is 0 Å². The summed E-state index contributed by atoms with van der Waals surface area (Å²) in [6.07, 6.45) is 1.90. The highest BCUT2D eigenvalue weighted by atomic mass is 19.1. The molecule has 0 saturated carbocycles. The van der Waals surface area contributed by atoms with E-state index in [1.54, 1.807) is 18.3 Å². The second kappa shape index (κ2) is 7.51. The number of nitrogens with one attached hydrogen (secondary N) is 1. The number of pyridine rings is 1. The van der Waals surface area contributed by atoms with Crippen molar-refractivity contribution in [3.8, 4) is 0 Å². The summed E-state index contributed by atoms with van der Waals surface area (Å²) in [7, 11) is 0. The molecule has 1 atom stereocenters. The third-order valence-corrected chi connectivity index (χ3v) is 3.70. The maximum absolute atomic E-state index is 13.0. The van der Waals surface area contributed by atoms with Crippen LogP contribution in [0, 0.1) is 5.82 Å². The number of carbonyl (C=O) groups is 1. The quantitative estimate of drug-likeness (QED) is 0.779. The van der Waals surface area contributed by atoms with Crippen LogP contribution in [0.5, 0.6) is 0 Å². The summed E-state index contributed by atoms with van der Waals surface area (Å²) < 4.78 is 13.0. The molecule has 0 radical (unpaired) electrons. The van der Waals surface area contributed by atoms with E-state index in [1.165, 1.54) is 12.1 Å². The van der Waals surface area contributed by atoms with Gasteiger partial charge >= 0.3 is 0 Å². The Kier molecular flexibility index (Phi) is 4.96. The first-order valence-electron chi connectivity index (χ1n) is 7.72. The molecule has 1 unspecified atom stereocenters. The van der Waals surface area contributed by atoms with Gasteiger partial charge in [0.1, 0.15) is 5.82 Å². The van der Waals surface area contributed by atoms with Crippen molar-refractivity contribution in [2.45, 2.75) is 12.5 Å². The molecule has 1 heterocycles. The van der Waals surface area contributed by atoms with E-state index in [2.05, 4.69) is 10.3 Å². The molecule has 0 fully saturated rings. The van der Waals surface area contributed by atoms with Crippen LogP contribution in [0.25, 0.3) is 0 Å². The molecule has 0 spiro atoms. The monoisotopic (exact) mass is 320 g/mol. The van der Waals surface area contributed by atoms with Gasteiger partial charge in [-0.3, -0.25) is 9.78 Å². The van der Waals surface area contributed by atoms with Gasteiger partial charge in [-0.2, -0.15) is 0 Å². The van der Waals surface area contributed by atoms with E-state index < -0.39 is 0 Å². The van der Waals surface area contributed by atoms with Crippen molar-refractivity contribution in [3.63, 3.8) is 0 Å². The summed E-state index contributed by atoms with van der Waals surface area (Å²) in [5.74, 6) is -0.448. The molecule has 1 aromatic heterocycles. The number of aromatic nitrogens is 1. The number of hydrogen-bond donors (Lipinski definition) is 1. The summed E-state index contributed by atoms with van der Waals surface area (Å²) in [5, 5.41) is 3.02. The normalized spacial score (nSPS) is 11.7. The SMILES string of the molecule is O=C(Cc1ccc(F)cc1)NC(c1ccccc1)c1ccccn1. The van der Waals surface area contributed by atoms with Crippen LogP contribution in [-0.4, -0.2) is 10.9 Å². The molecule has 0 aliphatic heterocycles. The van der Waals surface area contributed by atoms with Crippen molar-refractivity contribution in [1.29, 1.82) is 0 Å². The highest BCUT2D eigenvalue weighted by Crippen LogP contribution is 2.20. The second-order valence-corrected chi connectivity index (χ2v) is 5.47. The minimum atomic E-state index is -0.319. The number of carbonyl (C=O) groups excluding carboxylic acids is 1. The van der Waals surface area contributed by atoms with Crippen LogP contribution in [0.4, 0.5) is 4.39 Å². The van der Waals surface area contributed by atoms with Crippen LogP contribution in [0.1, 0.15) is 22.9 Å². The first-order chi connectivity index (χ1) is 11.7. The first-order valence-corrected chi connectivity index (χ1v) is 7.72. The molecule has 2 aromatic carbocycles. The van der Waals surface area contributed by atoms with Crippen molar-refractivity contribution in [1.82, 2.24) is 10.3 Å². The lowest BCUT2D eigenvalue weighted by Gasteiger charge is -2.19. The minimum absolute atomic E-state index is 0.138. The maximum Gasteiger partial charge on any atom is 0.225 e. The number of rotatable bonds is 5. The van der Waals surface area contributed by atoms with Crippen LogP contribution in [0.2, 0.25) is 0 Å². The zero-order valence-corrected chi connectivity index (χ0v) is 13.0. The molecule has 3 nitrogen and oxygen atoms in total. The van der Waals surface area contributed by atoms with Gasteiger partial charge in [0.05, 0.1) is 18.2 Å². The van der Waals surface area contributed by atoms with Crippen molar-refractivity contribution in [2.24, 2.45) is 0 Å². The Hall–Kier alpha value is -3.01. The lowest BCUT2D eigenvalue weighted by molar-refractivity contribution is -0.121. The Morgan fingerprint density at radius 1 is 0.958 bits per heavy atom. The van der Waals surface area contributed by atoms with E-state index in [9.17, 15) is 9.18 Å². The summed E-state index contributed by atoms with van der Waals surface area (Å²) in [6, 6.07) is 20.9. The van der Waals surface area contributed by atoms with E-state index in [0.717, 1.165) is 16.8 Å². The van der Waals surface area contributed by atoms with E-state index >= 15 is 0 Å². The van der Waals surface area contributed by atoms with Gasteiger partial charge in [0.2, 0.25) is 5.91 Å². The van der Waals surface area contributed by atoms with Crippen molar-refractivity contribution < 1.29 is 9.18 Å². The topological polar surface area (TPSA) is 42.0 Å². The molecular formula is C20H17FN2O. The Balaban J connectivity index is 1.79. The zero-order chi connectivity index (χ0) is 16.8. The van der Waals surface area contributed by atoms with Crippen molar-refractivity contribution in [3.05, 3.63) is 102 Å². The Bertz CT molecular complexity index is 749. The van der Waals surface area contributed by atoms with Crippen LogP contribution in [0.15, 0.2) is 79.0 Å². The second-order valence-electron chi connectivity index (χ2n) is 5.47. The third-order valence-electron chi connectivity index (χ3n) is 3.70. The van der Waals surface area contributed by atoms with Crippen LogP contribution in [-0.2, 0) is 11.2 Å². The van der Waals surface area contributed by atoms with Gasteiger partial charge in [0.25, 0.3) is 0 Å². The molecule has 0 saturated heterocycles.